The number of nitrogens with two attached hydrogens (primary N) is 1. The van der Waals surface area contributed by atoms with E-state index in [0.29, 0.717) is 5.33 Å². The molecule has 0 atom stereocenters. The first-order chi connectivity index (χ1) is 6.54. The standard InChI is InChI=1S/C9H8BrNO2S/c10-7-1-2-8-3-5-9(6-4-8)14(11,12)13/h3-6H,7H2,(H2,11,12,13). The van der Waals surface area contributed by atoms with Crippen LogP contribution in [0, 0.1) is 11.8 Å². The Balaban J connectivity index is 3.01. The molecule has 2 N–H and O–H groups in total. The number of hydrogen-bond acceptors (Lipinski definition) is 2. The summed E-state index contributed by atoms with van der Waals surface area (Å²) in [5.74, 6) is 5.65. The summed E-state index contributed by atoms with van der Waals surface area (Å²) in [5.41, 5.74) is 0.761. The molecule has 1 aromatic rings. The molecule has 74 valence electrons. The number of hydrogen-bond donors (Lipinski definition) is 1. The van der Waals surface area contributed by atoms with E-state index >= 15 is 0 Å². The lowest BCUT2D eigenvalue weighted by molar-refractivity contribution is 0.598. The SMILES string of the molecule is NS(=O)(=O)c1ccc(C#CCBr)cc1. The van der Waals surface area contributed by atoms with Crippen LogP contribution in [0.2, 0.25) is 0 Å². The molecule has 14 heavy (non-hydrogen) atoms. The van der Waals surface area contributed by atoms with Gasteiger partial charge in [0.2, 0.25) is 10.0 Å². The topological polar surface area (TPSA) is 60.2 Å². The van der Waals surface area contributed by atoms with Gasteiger partial charge < -0.3 is 0 Å². The Morgan fingerprint density at radius 1 is 1.29 bits per heavy atom. The summed E-state index contributed by atoms with van der Waals surface area (Å²) in [5, 5.41) is 5.52. The van der Waals surface area contributed by atoms with Gasteiger partial charge in [0.25, 0.3) is 0 Å². The maximum absolute atomic E-state index is 10.9. The molecule has 0 radical (unpaired) electrons. The van der Waals surface area contributed by atoms with Crippen LogP contribution in [0.15, 0.2) is 29.2 Å². The lowest BCUT2D eigenvalue weighted by Gasteiger charge is -1.96. The number of sulfonamides is 1. The predicted molar refractivity (Wildman–Crippen MR) is 58.5 cm³/mol. The zero-order valence-electron chi connectivity index (χ0n) is 7.20. The molecule has 3 nitrogen and oxygen atoms in total. The summed E-state index contributed by atoms with van der Waals surface area (Å²) in [6.07, 6.45) is 0. The fraction of sp³-hybridized carbons (Fsp3) is 0.111. The summed E-state index contributed by atoms with van der Waals surface area (Å²) in [6, 6.07) is 6.12. The fourth-order valence-electron chi connectivity index (χ4n) is 0.863. The number of alkyl halides is 1. The summed E-state index contributed by atoms with van der Waals surface area (Å²) in [7, 11) is -3.60. The second-order valence-electron chi connectivity index (χ2n) is 2.50. The molecule has 0 amide bonds. The highest BCUT2D eigenvalue weighted by Crippen LogP contribution is 2.07. The van der Waals surface area contributed by atoms with E-state index in [2.05, 4.69) is 27.8 Å². The predicted octanol–water partition coefficient (Wildman–Crippen LogP) is 1.08. The van der Waals surface area contributed by atoms with Crippen LogP contribution < -0.4 is 5.14 Å². The molecule has 0 unspecified atom stereocenters. The van der Waals surface area contributed by atoms with Gasteiger partial charge >= 0.3 is 0 Å². The van der Waals surface area contributed by atoms with E-state index in [4.69, 9.17) is 5.14 Å². The monoisotopic (exact) mass is 273 g/mol. The van der Waals surface area contributed by atoms with Crippen molar-refractivity contribution in [1.29, 1.82) is 0 Å². The van der Waals surface area contributed by atoms with Gasteiger partial charge in [-0.1, -0.05) is 27.8 Å². The van der Waals surface area contributed by atoms with Crippen LogP contribution in [0.4, 0.5) is 0 Å². The van der Waals surface area contributed by atoms with Crippen molar-refractivity contribution >= 4 is 26.0 Å². The van der Waals surface area contributed by atoms with Crippen LogP contribution in [0.1, 0.15) is 5.56 Å². The maximum atomic E-state index is 10.9. The minimum absolute atomic E-state index is 0.0990. The molecule has 0 bridgehead atoms. The highest BCUT2D eigenvalue weighted by atomic mass is 79.9. The van der Waals surface area contributed by atoms with Crippen molar-refractivity contribution in [3.8, 4) is 11.8 Å². The first kappa shape index (κ1) is 11.2. The van der Waals surface area contributed by atoms with Gasteiger partial charge in [0.15, 0.2) is 0 Å². The van der Waals surface area contributed by atoms with Gasteiger partial charge in [0.1, 0.15) is 0 Å². The number of benzene rings is 1. The Morgan fingerprint density at radius 3 is 2.29 bits per heavy atom. The third-order valence-electron chi connectivity index (χ3n) is 1.48. The van der Waals surface area contributed by atoms with E-state index in [1.54, 1.807) is 12.1 Å². The molecule has 0 aromatic heterocycles. The average molecular weight is 274 g/mol. The first-order valence-corrected chi connectivity index (χ1v) is 6.38. The van der Waals surface area contributed by atoms with Crippen LogP contribution in [0.3, 0.4) is 0 Å². The van der Waals surface area contributed by atoms with Gasteiger partial charge in [-0.15, -0.1) is 0 Å². The average Bonchev–Trinajstić information content (AvgIpc) is 2.14. The van der Waals surface area contributed by atoms with Crippen molar-refractivity contribution in [2.24, 2.45) is 5.14 Å². The smallest absolute Gasteiger partial charge is 0.225 e. The molecule has 0 aliphatic heterocycles. The van der Waals surface area contributed by atoms with E-state index in [1.165, 1.54) is 12.1 Å². The third kappa shape index (κ3) is 3.14. The zero-order valence-corrected chi connectivity index (χ0v) is 9.60. The van der Waals surface area contributed by atoms with Gasteiger partial charge in [0, 0.05) is 5.56 Å². The van der Waals surface area contributed by atoms with Crippen molar-refractivity contribution in [1.82, 2.24) is 0 Å². The largest absolute Gasteiger partial charge is 0.238 e. The minimum atomic E-state index is -3.60. The summed E-state index contributed by atoms with van der Waals surface area (Å²) in [4.78, 5) is 0.0990. The van der Waals surface area contributed by atoms with Crippen LogP contribution in [-0.2, 0) is 10.0 Å². The molecule has 1 aromatic carbocycles. The van der Waals surface area contributed by atoms with Gasteiger partial charge in [-0.25, -0.2) is 13.6 Å². The minimum Gasteiger partial charge on any atom is -0.225 e. The molecule has 0 aliphatic rings. The molecular weight excluding hydrogens is 266 g/mol. The summed E-state index contributed by atoms with van der Waals surface area (Å²) >= 11 is 3.16. The molecule has 0 fully saturated rings. The maximum Gasteiger partial charge on any atom is 0.238 e. The van der Waals surface area contributed by atoms with E-state index in [0.717, 1.165) is 5.56 Å². The molecule has 5 heteroatoms. The highest BCUT2D eigenvalue weighted by Gasteiger charge is 2.05. The van der Waals surface area contributed by atoms with Gasteiger partial charge in [-0.2, -0.15) is 0 Å². The van der Waals surface area contributed by atoms with Crippen LogP contribution in [0.25, 0.3) is 0 Å². The van der Waals surface area contributed by atoms with E-state index < -0.39 is 10.0 Å². The number of primary sulfonamides is 1. The van der Waals surface area contributed by atoms with Crippen LogP contribution in [-0.4, -0.2) is 13.7 Å². The van der Waals surface area contributed by atoms with Crippen molar-refractivity contribution in [2.75, 3.05) is 5.33 Å². The Bertz CT molecular complexity index is 468. The summed E-state index contributed by atoms with van der Waals surface area (Å²) in [6.45, 7) is 0. The third-order valence-corrected chi connectivity index (χ3v) is 2.69. The van der Waals surface area contributed by atoms with Gasteiger partial charge in [0.05, 0.1) is 10.2 Å². The normalized spacial score (nSPS) is 10.4. The van der Waals surface area contributed by atoms with Crippen molar-refractivity contribution in [3.63, 3.8) is 0 Å². The van der Waals surface area contributed by atoms with Crippen molar-refractivity contribution in [3.05, 3.63) is 29.8 Å². The van der Waals surface area contributed by atoms with Crippen LogP contribution in [0.5, 0.6) is 0 Å². The second kappa shape index (κ2) is 4.60. The summed E-state index contributed by atoms with van der Waals surface area (Å²) < 4.78 is 21.8. The lowest BCUT2D eigenvalue weighted by Crippen LogP contribution is -2.11. The van der Waals surface area contributed by atoms with Gasteiger partial charge in [-0.05, 0) is 24.3 Å². The van der Waals surface area contributed by atoms with Gasteiger partial charge in [-0.3, -0.25) is 0 Å². The van der Waals surface area contributed by atoms with Crippen molar-refractivity contribution < 1.29 is 8.42 Å². The zero-order chi connectivity index (χ0) is 10.6. The fourth-order valence-corrected chi connectivity index (χ4v) is 1.52. The number of rotatable bonds is 1. The Kier molecular flexibility index (Phi) is 3.69. The number of halogens is 1. The lowest BCUT2D eigenvalue weighted by atomic mass is 10.2. The first-order valence-electron chi connectivity index (χ1n) is 3.72. The Morgan fingerprint density at radius 2 is 1.86 bits per heavy atom. The molecule has 0 saturated heterocycles. The van der Waals surface area contributed by atoms with Crippen molar-refractivity contribution in [2.45, 2.75) is 4.90 Å². The highest BCUT2D eigenvalue weighted by molar-refractivity contribution is 9.09. The molecule has 0 heterocycles. The molecule has 0 spiro atoms. The quantitative estimate of drug-likeness (QED) is 0.615. The van der Waals surface area contributed by atoms with E-state index in [-0.39, 0.29) is 4.90 Å². The molecule has 1 rings (SSSR count). The molecule has 0 aliphatic carbocycles. The van der Waals surface area contributed by atoms with Crippen LogP contribution >= 0.6 is 15.9 Å². The van der Waals surface area contributed by atoms with E-state index in [9.17, 15) is 8.42 Å². The van der Waals surface area contributed by atoms with E-state index in [1.807, 2.05) is 0 Å². The molecule has 0 saturated carbocycles. The Labute approximate surface area is 91.5 Å². The molecular formula is C9H8BrNO2S. The Hall–Kier alpha value is -0.830. The second-order valence-corrected chi connectivity index (χ2v) is 4.63.